The number of allylic oxidation sites excluding steroid dienone is 1. The van der Waals surface area contributed by atoms with Gasteiger partial charge in [-0.15, -0.1) is 0 Å². The highest BCUT2D eigenvalue weighted by molar-refractivity contribution is 6.06. The predicted octanol–water partition coefficient (Wildman–Crippen LogP) is 2.21. The summed E-state index contributed by atoms with van der Waals surface area (Å²) in [6.07, 6.45) is 1.84. The molecule has 0 aliphatic heterocycles. The normalized spacial score (nSPS) is 11.4. The summed E-state index contributed by atoms with van der Waals surface area (Å²) in [6.45, 7) is 0. The van der Waals surface area contributed by atoms with E-state index >= 15 is 0 Å². The van der Waals surface area contributed by atoms with Gasteiger partial charge in [0.2, 0.25) is 0 Å². The zero-order valence-corrected chi connectivity index (χ0v) is 8.80. The molecular formula is C11H10F3NO. The molecule has 0 spiro atoms. The lowest BCUT2D eigenvalue weighted by Crippen LogP contribution is -2.04. The molecule has 0 bridgehead atoms. The molecule has 0 fully saturated rings. The Morgan fingerprint density at radius 1 is 1.19 bits per heavy atom. The third kappa shape index (κ3) is 2.62. The van der Waals surface area contributed by atoms with Crippen LogP contribution in [0.4, 0.5) is 13.2 Å². The SMILES string of the molecule is CN(C)/C=C(\C=O)c1cc(F)c(F)c(F)c1. The van der Waals surface area contributed by atoms with Crippen LogP contribution in [0.2, 0.25) is 0 Å². The lowest BCUT2D eigenvalue weighted by molar-refractivity contribution is -0.103. The van der Waals surface area contributed by atoms with Crippen LogP contribution in [-0.4, -0.2) is 25.3 Å². The van der Waals surface area contributed by atoms with Crippen LogP contribution in [0, 0.1) is 17.5 Å². The van der Waals surface area contributed by atoms with Crippen molar-refractivity contribution >= 4 is 11.9 Å². The minimum atomic E-state index is -1.54. The number of carbonyl (C=O) groups is 1. The van der Waals surface area contributed by atoms with Crippen molar-refractivity contribution < 1.29 is 18.0 Å². The highest BCUT2D eigenvalue weighted by atomic mass is 19.2. The topological polar surface area (TPSA) is 20.3 Å². The third-order valence-corrected chi connectivity index (χ3v) is 1.84. The maximum Gasteiger partial charge on any atom is 0.194 e. The molecule has 1 aromatic rings. The Balaban J connectivity index is 3.27. The van der Waals surface area contributed by atoms with Crippen LogP contribution in [0.5, 0.6) is 0 Å². The molecule has 1 rings (SSSR count). The van der Waals surface area contributed by atoms with E-state index in [9.17, 15) is 18.0 Å². The van der Waals surface area contributed by atoms with E-state index < -0.39 is 17.5 Å². The van der Waals surface area contributed by atoms with Gasteiger partial charge in [-0.05, 0) is 17.7 Å². The van der Waals surface area contributed by atoms with Gasteiger partial charge in [0.15, 0.2) is 23.7 Å². The van der Waals surface area contributed by atoms with Gasteiger partial charge in [0.1, 0.15) is 0 Å². The van der Waals surface area contributed by atoms with Crippen LogP contribution >= 0.6 is 0 Å². The largest absolute Gasteiger partial charge is 0.383 e. The minimum absolute atomic E-state index is 0.0000926. The summed E-state index contributed by atoms with van der Waals surface area (Å²) in [4.78, 5) is 12.3. The fourth-order valence-corrected chi connectivity index (χ4v) is 1.17. The van der Waals surface area contributed by atoms with Gasteiger partial charge >= 0.3 is 0 Å². The maximum absolute atomic E-state index is 12.9. The van der Waals surface area contributed by atoms with Crippen molar-refractivity contribution in [2.24, 2.45) is 0 Å². The first-order valence-corrected chi connectivity index (χ1v) is 4.44. The molecule has 1 aromatic carbocycles. The lowest BCUT2D eigenvalue weighted by Gasteiger charge is -2.08. The van der Waals surface area contributed by atoms with Gasteiger partial charge in [-0.1, -0.05) is 0 Å². The number of aldehydes is 1. The summed E-state index contributed by atoms with van der Waals surface area (Å²) in [5.41, 5.74) is 0.0721. The molecule has 0 aliphatic carbocycles. The number of carbonyl (C=O) groups excluding carboxylic acids is 1. The average Bonchev–Trinajstić information content (AvgIpc) is 2.21. The first-order valence-electron chi connectivity index (χ1n) is 4.44. The van der Waals surface area contributed by atoms with E-state index in [-0.39, 0.29) is 11.1 Å². The Morgan fingerprint density at radius 2 is 1.69 bits per heavy atom. The van der Waals surface area contributed by atoms with Crippen molar-refractivity contribution in [3.05, 3.63) is 41.3 Å². The predicted molar refractivity (Wildman–Crippen MR) is 54.0 cm³/mol. The molecular weight excluding hydrogens is 219 g/mol. The van der Waals surface area contributed by atoms with Crippen molar-refractivity contribution in [2.75, 3.05) is 14.1 Å². The van der Waals surface area contributed by atoms with Gasteiger partial charge in [0.05, 0.1) is 0 Å². The molecule has 16 heavy (non-hydrogen) atoms. The van der Waals surface area contributed by atoms with Gasteiger partial charge < -0.3 is 4.90 Å². The van der Waals surface area contributed by atoms with Crippen molar-refractivity contribution in [1.29, 1.82) is 0 Å². The van der Waals surface area contributed by atoms with Crippen LogP contribution in [0.3, 0.4) is 0 Å². The van der Waals surface area contributed by atoms with Crippen LogP contribution in [0.25, 0.3) is 5.57 Å². The first kappa shape index (κ1) is 12.3. The van der Waals surface area contributed by atoms with E-state index in [0.717, 1.165) is 12.1 Å². The van der Waals surface area contributed by atoms with E-state index in [4.69, 9.17) is 0 Å². The lowest BCUT2D eigenvalue weighted by atomic mass is 10.1. The van der Waals surface area contributed by atoms with Gasteiger partial charge in [-0.25, -0.2) is 13.2 Å². The van der Waals surface area contributed by atoms with E-state index in [1.807, 2.05) is 0 Å². The zero-order valence-electron chi connectivity index (χ0n) is 8.80. The summed E-state index contributed by atoms with van der Waals surface area (Å²) in [7, 11) is 3.31. The summed E-state index contributed by atoms with van der Waals surface area (Å²) in [5, 5.41) is 0. The number of benzene rings is 1. The molecule has 0 amide bonds. The Kier molecular flexibility index (Phi) is 3.71. The molecule has 0 saturated carbocycles. The molecule has 0 aromatic heterocycles. The van der Waals surface area contributed by atoms with Gasteiger partial charge in [0.25, 0.3) is 0 Å². The van der Waals surface area contributed by atoms with Crippen LogP contribution < -0.4 is 0 Å². The summed E-state index contributed by atoms with van der Waals surface area (Å²) in [6, 6.07) is 1.56. The second-order valence-corrected chi connectivity index (χ2v) is 3.42. The minimum Gasteiger partial charge on any atom is -0.383 e. The standard InChI is InChI=1S/C11H10F3NO/c1-15(2)5-8(6-16)7-3-9(12)11(14)10(13)4-7/h3-6H,1-2H3/b8-5+. The zero-order chi connectivity index (χ0) is 12.3. The molecule has 0 atom stereocenters. The monoisotopic (exact) mass is 229 g/mol. The average molecular weight is 229 g/mol. The molecule has 0 unspecified atom stereocenters. The second-order valence-electron chi connectivity index (χ2n) is 3.42. The fraction of sp³-hybridized carbons (Fsp3) is 0.182. The quantitative estimate of drug-likeness (QED) is 0.450. The van der Waals surface area contributed by atoms with Crippen LogP contribution in [0.15, 0.2) is 18.3 Å². The Labute approximate surface area is 91.0 Å². The molecule has 0 aliphatic rings. The first-order chi connectivity index (χ1) is 7.45. The molecule has 0 saturated heterocycles. The summed E-state index contributed by atoms with van der Waals surface area (Å²) >= 11 is 0. The summed E-state index contributed by atoms with van der Waals surface area (Å²) < 4.78 is 38.5. The number of halogens is 3. The number of nitrogens with zero attached hydrogens (tertiary/aromatic N) is 1. The smallest absolute Gasteiger partial charge is 0.194 e. The van der Waals surface area contributed by atoms with Crippen molar-refractivity contribution in [3.63, 3.8) is 0 Å². The molecule has 2 nitrogen and oxygen atoms in total. The maximum atomic E-state index is 12.9. The van der Waals surface area contributed by atoms with E-state index in [0.29, 0.717) is 6.29 Å². The highest BCUT2D eigenvalue weighted by Crippen LogP contribution is 2.19. The molecule has 0 heterocycles. The van der Waals surface area contributed by atoms with Crippen molar-refractivity contribution in [3.8, 4) is 0 Å². The van der Waals surface area contributed by atoms with E-state index in [1.54, 1.807) is 19.0 Å². The number of hydrogen-bond donors (Lipinski definition) is 0. The molecule has 86 valence electrons. The van der Waals surface area contributed by atoms with Gasteiger partial charge in [-0.3, -0.25) is 4.79 Å². The molecule has 0 N–H and O–H groups in total. The van der Waals surface area contributed by atoms with Gasteiger partial charge in [0, 0.05) is 25.9 Å². The van der Waals surface area contributed by atoms with Crippen molar-refractivity contribution in [2.45, 2.75) is 0 Å². The fourth-order valence-electron chi connectivity index (χ4n) is 1.17. The highest BCUT2D eigenvalue weighted by Gasteiger charge is 2.12. The van der Waals surface area contributed by atoms with Gasteiger partial charge in [-0.2, -0.15) is 0 Å². The number of rotatable bonds is 3. The summed E-state index contributed by atoms with van der Waals surface area (Å²) in [5.74, 6) is -4.18. The van der Waals surface area contributed by atoms with Crippen molar-refractivity contribution in [1.82, 2.24) is 4.90 Å². The third-order valence-electron chi connectivity index (χ3n) is 1.84. The Morgan fingerprint density at radius 3 is 2.06 bits per heavy atom. The van der Waals surface area contributed by atoms with E-state index in [2.05, 4.69) is 0 Å². The Hall–Kier alpha value is -1.78. The second kappa shape index (κ2) is 4.83. The van der Waals surface area contributed by atoms with E-state index in [1.165, 1.54) is 6.20 Å². The van der Waals surface area contributed by atoms with Crippen LogP contribution in [0.1, 0.15) is 5.56 Å². The molecule has 5 heteroatoms. The number of hydrogen-bond acceptors (Lipinski definition) is 2. The molecule has 0 radical (unpaired) electrons. The Bertz CT molecular complexity index is 418. The van der Waals surface area contributed by atoms with Crippen LogP contribution in [-0.2, 0) is 4.79 Å².